The van der Waals surface area contributed by atoms with Crippen LogP contribution in [-0.2, 0) is 9.53 Å². The predicted octanol–water partition coefficient (Wildman–Crippen LogP) is 5.38. The van der Waals surface area contributed by atoms with Gasteiger partial charge < -0.3 is 14.5 Å². The maximum atomic E-state index is 12.3. The highest BCUT2D eigenvalue weighted by Crippen LogP contribution is 2.35. The molecule has 140 valence electrons. The fraction of sp³-hybridized carbons (Fsp3) is 0.0909. The molecule has 0 bridgehead atoms. The van der Waals surface area contributed by atoms with E-state index in [-0.39, 0.29) is 11.9 Å². The van der Waals surface area contributed by atoms with Gasteiger partial charge in [-0.3, -0.25) is 4.79 Å². The van der Waals surface area contributed by atoms with Gasteiger partial charge in [-0.05, 0) is 55.5 Å². The van der Waals surface area contributed by atoms with Crippen molar-refractivity contribution in [2.24, 2.45) is 0 Å². The van der Waals surface area contributed by atoms with Gasteiger partial charge >= 0.3 is 5.97 Å². The van der Waals surface area contributed by atoms with Crippen LogP contribution in [0.15, 0.2) is 63.5 Å². The SMILES string of the molecule is CCOC(=O)c1ccc(-c2ccc(/C=C3/C(=O)Nc4ccc(Br)cc43)o2)cc1. The molecule has 0 radical (unpaired) electrons. The van der Waals surface area contributed by atoms with Crippen LogP contribution in [0.5, 0.6) is 0 Å². The Labute approximate surface area is 170 Å². The molecule has 1 amide bonds. The number of fused-ring (bicyclic) bond motifs is 1. The highest BCUT2D eigenvalue weighted by molar-refractivity contribution is 9.10. The molecule has 0 saturated heterocycles. The molecular formula is C22H16BrNO4. The molecule has 1 aliphatic rings. The standard InChI is InChI=1S/C22H16BrNO4/c1-2-27-22(26)14-5-3-13(4-6-14)20-10-8-16(28-20)12-18-17-11-15(23)7-9-19(17)24-21(18)25/h3-12H,2H2,1H3,(H,24,25)/b18-12+. The van der Waals surface area contributed by atoms with Gasteiger partial charge in [-0.25, -0.2) is 4.79 Å². The van der Waals surface area contributed by atoms with E-state index in [0.717, 1.165) is 21.3 Å². The molecular weight excluding hydrogens is 422 g/mol. The molecule has 0 fully saturated rings. The summed E-state index contributed by atoms with van der Waals surface area (Å²) in [6.07, 6.45) is 1.73. The Morgan fingerprint density at radius 3 is 2.68 bits per heavy atom. The maximum absolute atomic E-state index is 12.3. The molecule has 5 nitrogen and oxygen atoms in total. The van der Waals surface area contributed by atoms with E-state index < -0.39 is 0 Å². The van der Waals surface area contributed by atoms with Gasteiger partial charge in [0, 0.05) is 21.3 Å². The lowest BCUT2D eigenvalue weighted by Crippen LogP contribution is -2.03. The normalized spacial score (nSPS) is 14.1. The lowest BCUT2D eigenvalue weighted by Gasteiger charge is -2.02. The van der Waals surface area contributed by atoms with Crippen molar-refractivity contribution in [1.29, 1.82) is 0 Å². The second-order valence-corrected chi connectivity index (χ2v) is 7.12. The van der Waals surface area contributed by atoms with Crippen molar-refractivity contribution >= 4 is 45.1 Å². The third-order valence-electron chi connectivity index (χ3n) is 4.36. The van der Waals surface area contributed by atoms with Crippen LogP contribution >= 0.6 is 15.9 Å². The zero-order valence-electron chi connectivity index (χ0n) is 15.0. The van der Waals surface area contributed by atoms with Crippen molar-refractivity contribution in [1.82, 2.24) is 0 Å². The minimum atomic E-state index is -0.351. The Morgan fingerprint density at radius 2 is 1.93 bits per heavy atom. The predicted molar refractivity (Wildman–Crippen MR) is 111 cm³/mol. The zero-order chi connectivity index (χ0) is 19.7. The zero-order valence-corrected chi connectivity index (χ0v) is 16.6. The van der Waals surface area contributed by atoms with E-state index in [2.05, 4.69) is 21.2 Å². The molecule has 3 aromatic rings. The molecule has 1 aliphatic heterocycles. The molecule has 28 heavy (non-hydrogen) atoms. The Kier molecular flexibility index (Phi) is 4.88. The molecule has 4 rings (SSSR count). The minimum absolute atomic E-state index is 0.162. The first-order valence-corrected chi connectivity index (χ1v) is 9.55. The van der Waals surface area contributed by atoms with Crippen LogP contribution in [0.25, 0.3) is 23.0 Å². The smallest absolute Gasteiger partial charge is 0.338 e. The van der Waals surface area contributed by atoms with Crippen LogP contribution < -0.4 is 5.32 Å². The summed E-state index contributed by atoms with van der Waals surface area (Å²) in [5.41, 5.74) is 3.48. The lowest BCUT2D eigenvalue weighted by atomic mass is 10.1. The molecule has 1 N–H and O–H groups in total. The molecule has 0 saturated carbocycles. The van der Waals surface area contributed by atoms with Crippen LogP contribution in [0, 0.1) is 0 Å². The van der Waals surface area contributed by atoms with Gasteiger partial charge in [0.1, 0.15) is 11.5 Å². The number of furan rings is 1. The largest absolute Gasteiger partial charge is 0.462 e. The quantitative estimate of drug-likeness (QED) is 0.439. The van der Waals surface area contributed by atoms with Gasteiger partial charge in [-0.15, -0.1) is 0 Å². The number of ether oxygens (including phenoxy) is 1. The number of carbonyl (C=O) groups is 2. The first kappa shape index (κ1) is 18.3. The van der Waals surface area contributed by atoms with Crippen molar-refractivity contribution in [3.8, 4) is 11.3 Å². The van der Waals surface area contributed by atoms with Gasteiger partial charge in [-0.2, -0.15) is 0 Å². The second kappa shape index (κ2) is 7.48. The number of halogens is 1. The highest BCUT2D eigenvalue weighted by atomic mass is 79.9. The number of carbonyl (C=O) groups excluding carboxylic acids is 2. The number of benzene rings is 2. The second-order valence-electron chi connectivity index (χ2n) is 6.20. The number of anilines is 1. The molecule has 0 atom stereocenters. The Balaban J connectivity index is 1.60. The van der Waals surface area contributed by atoms with E-state index in [9.17, 15) is 9.59 Å². The van der Waals surface area contributed by atoms with Crippen LogP contribution in [0.3, 0.4) is 0 Å². The Hall–Kier alpha value is -3.12. The van der Waals surface area contributed by atoms with Gasteiger partial charge in [-0.1, -0.05) is 28.1 Å². The first-order chi connectivity index (χ1) is 13.5. The van der Waals surface area contributed by atoms with E-state index in [4.69, 9.17) is 9.15 Å². The number of esters is 1. The fourth-order valence-corrected chi connectivity index (χ4v) is 3.38. The average Bonchev–Trinajstić information content (AvgIpc) is 3.28. The monoisotopic (exact) mass is 437 g/mol. The number of hydrogen-bond acceptors (Lipinski definition) is 4. The van der Waals surface area contributed by atoms with Gasteiger partial charge in [0.2, 0.25) is 0 Å². The minimum Gasteiger partial charge on any atom is -0.462 e. The summed E-state index contributed by atoms with van der Waals surface area (Å²) in [7, 11) is 0. The lowest BCUT2D eigenvalue weighted by molar-refractivity contribution is -0.110. The van der Waals surface area contributed by atoms with Crippen molar-refractivity contribution in [2.75, 3.05) is 11.9 Å². The summed E-state index contributed by atoms with van der Waals surface area (Å²) in [5, 5.41) is 2.85. The van der Waals surface area contributed by atoms with Crippen LogP contribution in [0.2, 0.25) is 0 Å². The summed E-state index contributed by atoms with van der Waals surface area (Å²) in [6, 6.07) is 16.3. The third kappa shape index (κ3) is 3.51. The number of hydrogen-bond donors (Lipinski definition) is 1. The number of rotatable bonds is 4. The fourth-order valence-electron chi connectivity index (χ4n) is 3.02. The maximum Gasteiger partial charge on any atom is 0.338 e. The van der Waals surface area contributed by atoms with E-state index >= 15 is 0 Å². The summed E-state index contributed by atoms with van der Waals surface area (Å²) in [6.45, 7) is 2.11. The van der Waals surface area contributed by atoms with Gasteiger partial charge in [0.25, 0.3) is 5.91 Å². The van der Waals surface area contributed by atoms with Crippen molar-refractivity contribution in [2.45, 2.75) is 6.92 Å². The van der Waals surface area contributed by atoms with Gasteiger partial charge in [0.15, 0.2) is 0 Å². The van der Waals surface area contributed by atoms with Crippen molar-refractivity contribution in [3.63, 3.8) is 0 Å². The molecule has 6 heteroatoms. The van der Waals surface area contributed by atoms with Crippen LogP contribution in [0.1, 0.15) is 28.6 Å². The van der Waals surface area contributed by atoms with Crippen molar-refractivity contribution < 1.29 is 18.7 Å². The molecule has 0 aliphatic carbocycles. The molecule has 2 heterocycles. The molecule has 0 spiro atoms. The molecule has 2 aromatic carbocycles. The van der Waals surface area contributed by atoms with E-state index in [1.54, 1.807) is 37.3 Å². The van der Waals surface area contributed by atoms with E-state index in [0.29, 0.717) is 29.3 Å². The topological polar surface area (TPSA) is 68.5 Å². The van der Waals surface area contributed by atoms with Crippen LogP contribution in [-0.4, -0.2) is 18.5 Å². The summed E-state index contributed by atoms with van der Waals surface area (Å²) in [5.74, 6) is 0.707. The molecule has 1 aromatic heterocycles. The summed E-state index contributed by atoms with van der Waals surface area (Å²) in [4.78, 5) is 24.0. The van der Waals surface area contributed by atoms with E-state index in [1.165, 1.54) is 0 Å². The summed E-state index contributed by atoms with van der Waals surface area (Å²) < 4.78 is 11.8. The highest BCUT2D eigenvalue weighted by Gasteiger charge is 2.24. The van der Waals surface area contributed by atoms with Crippen molar-refractivity contribution in [3.05, 3.63) is 76.0 Å². The Morgan fingerprint density at radius 1 is 1.14 bits per heavy atom. The van der Waals surface area contributed by atoms with Crippen LogP contribution in [0.4, 0.5) is 5.69 Å². The molecule has 0 unspecified atom stereocenters. The summed E-state index contributed by atoms with van der Waals surface area (Å²) >= 11 is 3.44. The van der Waals surface area contributed by atoms with E-state index in [1.807, 2.05) is 30.3 Å². The number of amides is 1. The van der Waals surface area contributed by atoms with Gasteiger partial charge in [0.05, 0.1) is 17.7 Å². The Bertz CT molecular complexity index is 1100. The first-order valence-electron chi connectivity index (χ1n) is 8.75. The number of nitrogens with one attached hydrogen (secondary N) is 1. The third-order valence-corrected chi connectivity index (χ3v) is 4.85. The average molecular weight is 438 g/mol.